The van der Waals surface area contributed by atoms with Crippen molar-refractivity contribution in [2.75, 3.05) is 13.7 Å². The third-order valence-electron chi connectivity index (χ3n) is 3.99. The summed E-state index contributed by atoms with van der Waals surface area (Å²) in [5, 5.41) is 2.85. The van der Waals surface area contributed by atoms with E-state index >= 15 is 0 Å². The van der Waals surface area contributed by atoms with Crippen LogP contribution < -0.4 is 11.1 Å². The van der Waals surface area contributed by atoms with Crippen LogP contribution in [0.2, 0.25) is 0 Å². The van der Waals surface area contributed by atoms with Gasteiger partial charge in [0.05, 0.1) is 12.6 Å². The van der Waals surface area contributed by atoms with E-state index < -0.39 is 5.76 Å². The largest absolute Gasteiger partial charge is 0.469 e. The van der Waals surface area contributed by atoms with Crippen molar-refractivity contribution in [2.24, 2.45) is 0 Å². The van der Waals surface area contributed by atoms with E-state index in [1.165, 1.54) is 11.7 Å². The first-order valence-corrected chi connectivity index (χ1v) is 8.53. The van der Waals surface area contributed by atoms with Crippen molar-refractivity contribution in [2.45, 2.75) is 45.1 Å². The van der Waals surface area contributed by atoms with Crippen LogP contribution in [0, 0.1) is 0 Å². The minimum Gasteiger partial charge on any atom is -0.469 e. The van der Waals surface area contributed by atoms with Crippen LogP contribution in [0.5, 0.6) is 0 Å². The maximum Gasteiger partial charge on any atom is 0.419 e. The second kappa shape index (κ2) is 9.66. The predicted molar refractivity (Wildman–Crippen MR) is 93.2 cm³/mol. The number of amides is 1. The molecule has 0 atom stereocenters. The first-order valence-electron chi connectivity index (χ1n) is 8.53. The van der Waals surface area contributed by atoms with Crippen molar-refractivity contribution in [3.05, 3.63) is 34.8 Å². The Kier molecular flexibility index (Phi) is 7.25. The number of nitrogens with one attached hydrogen (secondary N) is 1. The van der Waals surface area contributed by atoms with Gasteiger partial charge < -0.3 is 14.5 Å². The molecule has 0 bridgehead atoms. The number of hydrogen-bond donors (Lipinski definition) is 1. The molecule has 1 heterocycles. The maximum atomic E-state index is 11.9. The first kappa shape index (κ1) is 18.8. The Hall–Kier alpha value is -2.57. The summed E-state index contributed by atoms with van der Waals surface area (Å²) < 4.78 is 11.2. The number of nitrogens with zero attached hydrogens (tertiary/aromatic N) is 1. The summed E-state index contributed by atoms with van der Waals surface area (Å²) in [7, 11) is 1.39. The Morgan fingerprint density at radius 2 is 1.88 bits per heavy atom. The standard InChI is InChI=1S/C18H24N2O5/c1-24-17(22)10-4-2-3-7-12-19-16(21)11-13-20-14-8-5-6-9-15(14)25-18(20)23/h5-6,8-9H,2-4,7,10-13H2,1H3,(H,19,21). The summed E-state index contributed by atoms with van der Waals surface area (Å²) in [5.74, 6) is -0.721. The lowest BCUT2D eigenvalue weighted by Gasteiger charge is -2.06. The van der Waals surface area contributed by atoms with E-state index in [0.717, 1.165) is 25.7 Å². The van der Waals surface area contributed by atoms with Crippen LogP contribution in [0.15, 0.2) is 33.5 Å². The first-order chi connectivity index (χ1) is 12.1. The van der Waals surface area contributed by atoms with Crippen molar-refractivity contribution in [1.82, 2.24) is 9.88 Å². The van der Waals surface area contributed by atoms with Crippen LogP contribution >= 0.6 is 0 Å². The van der Waals surface area contributed by atoms with Gasteiger partial charge in [0.1, 0.15) is 0 Å². The molecule has 1 N–H and O–H groups in total. The molecule has 7 nitrogen and oxygen atoms in total. The number of aromatic nitrogens is 1. The Morgan fingerprint density at radius 3 is 2.68 bits per heavy atom. The lowest BCUT2D eigenvalue weighted by atomic mass is 10.1. The molecule has 1 amide bonds. The quantitative estimate of drug-likeness (QED) is 0.525. The normalized spacial score (nSPS) is 10.8. The molecule has 0 aliphatic heterocycles. The van der Waals surface area contributed by atoms with Crippen LogP contribution in [-0.4, -0.2) is 30.1 Å². The summed E-state index contributed by atoms with van der Waals surface area (Å²) >= 11 is 0. The van der Waals surface area contributed by atoms with Gasteiger partial charge in [-0.2, -0.15) is 0 Å². The minimum atomic E-state index is -0.445. The van der Waals surface area contributed by atoms with E-state index in [1.54, 1.807) is 18.2 Å². The second-order valence-corrected chi connectivity index (χ2v) is 5.83. The van der Waals surface area contributed by atoms with Crippen molar-refractivity contribution in [1.29, 1.82) is 0 Å². The van der Waals surface area contributed by atoms with Crippen LogP contribution in [0.25, 0.3) is 11.1 Å². The van der Waals surface area contributed by atoms with Gasteiger partial charge >= 0.3 is 11.7 Å². The molecular formula is C18H24N2O5. The van der Waals surface area contributed by atoms with Gasteiger partial charge in [0.2, 0.25) is 5.91 Å². The molecule has 2 rings (SSSR count). The Morgan fingerprint density at radius 1 is 1.12 bits per heavy atom. The van der Waals surface area contributed by atoms with E-state index in [9.17, 15) is 14.4 Å². The summed E-state index contributed by atoms with van der Waals surface area (Å²) in [6.45, 7) is 0.888. The zero-order valence-corrected chi connectivity index (χ0v) is 14.5. The van der Waals surface area contributed by atoms with Crippen molar-refractivity contribution in [3.8, 4) is 0 Å². The molecular weight excluding hydrogens is 324 g/mol. The molecule has 2 aromatic rings. The number of carbonyl (C=O) groups excluding carboxylic acids is 2. The van der Waals surface area contributed by atoms with E-state index in [-0.39, 0.29) is 18.3 Å². The fourth-order valence-corrected chi connectivity index (χ4v) is 2.61. The molecule has 0 fully saturated rings. The fraction of sp³-hybridized carbons (Fsp3) is 0.500. The molecule has 25 heavy (non-hydrogen) atoms. The highest BCUT2D eigenvalue weighted by Crippen LogP contribution is 2.11. The van der Waals surface area contributed by atoms with Crippen molar-refractivity contribution < 1.29 is 18.7 Å². The number of ether oxygens (including phenoxy) is 1. The van der Waals surface area contributed by atoms with Gasteiger partial charge in [0.15, 0.2) is 5.58 Å². The number of methoxy groups -OCH3 is 1. The zero-order valence-electron chi connectivity index (χ0n) is 14.5. The average molecular weight is 348 g/mol. The summed E-state index contributed by atoms with van der Waals surface area (Å²) in [4.78, 5) is 34.7. The smallest absolute Gasteiger partial charge is 0.419 e. The van der Waals surface area contributed by atoms with E-state index in [4.69, 9.17) is 4.42 Å². The zero-order chi connectivity index (χ0) is 18.1. The van der Waals surface area contributed by atoms with Gasteiger partial charge in [0, 0.05) is 25.9 Å². The van der Waals surface area contributed by atoms with Gasteiger partial charge in [-0.05, 0) is 25.0 Å². The molecule has 1 aromatic carbocycles. The molecule has 0 unspecified atom stereocenters. The number of aryl methyl sites for hydroxylation is 1. The second-order valence-electron chi connectivity index (χ2n) is 5.83. The minimum absolute atomic E-state index is 0.0910. The van der Waals surface area contributed by atoms with Crippen molar-refractivity contribution >= 4 is 23.0 Å². The highest BCUT2D eigenvalue weighted by molar-refractivity contribution is 5.76. The maximum absolute atomic E-state index is 11.9. The van der Waals surface area contributed by atoms with Gasteiger partial charge in [-0.25, -0.2) is 4.79 Å². The number of oxazole rings is 1. The van der Waals surface area contributed by atoms with Gasteiger partial charge in [0.25, 0.3) is 0 Å². The molecule has 0 saturated heterocycles. The summed E-state index contributed by atoms with van der Waals surface area (Å²) in [5.41, 5.74) is 1.23. The van der Waals surface area contributed by atoms with Crippen LogP contribution in [0.3, 0.4) is 0 Å². The number of fused-ring (bicyclic) bond motifs is 1. The predicted octanol–water partition coefficient (Wildman–Crippen LogP) is 2.22. The van der Waals surface area contributed by atoms with Crippen LogP contribution in [0.1, 0.15) is 38.5 Å². The molecule has 0 aliphatic carbocycles. The molecule has 0 spiro atoms. The Labute approximate surface area is 145 Å². The lowest BCUT2D eigenvalue weighted by molar-refractivity contribution is -0.140. The third kappa shape index (κ3) is 5.77. The number of esters is 1. The topological polar surface area (TPSA) is 90.5 Å². The highest BCUT2D eigenvalue weighted by atomic mass is 16.5. The van der Waals surface area contributed by atoms with Crippen LogP contribution in [-0.2, 0) is 20.9 Å². The molecule has 7 heteroatoms. The number of carbonyl (C=O) groups is 2. The van der Waals surface area contributed by atoms with Gasteiger partial charge in [-0.1, -0.05) is 25.0 Å². The lowest BCUT2D eigenvalue weighted by Crippen LogP contribution is -2.27. The number of para-hydroxylation sites is 2. The fourth-order valence-electron chi connectivity index (χ4n) is 2.61. The number of benzene rings is 1. The number of unbranched alkanes of at least 4 members (excludes halogenated alkanes) is 3. The average Bonchev–Trinajstić information content (AvgIpc) is 2.94. The molecule has 0 aliphatic rings. The van der Waals surface area contributed by atoms with E-state index in [1.807, 2.05) is 6.07 Å². The summed E-state index contributed by atoms with van der Waals surface area (Å²) in [6.07, 6.45) is 4.21. The molecule has 1 aromatic heterocycles. The van der Waals surface area contributed by atoms with Gasteiger partial charge in [-0.3, -0.25) is 14.2 Å². The monoisotopic (exact) mass is 348 g/mol. The van der Waals surface area contributed by atoms with E-state index in [0.29, 0.717) is 30.6 Å². The van der Waals surface area contributed by atoms with Gasteiger partial charge in [-0.15, -0.1) is 0 Å². The molecule has 0 radical (unpaired) electrons. The Bertz CT molecular complexity index is 762. The van der Waals surface area contributed by atoms with Crippen LogP contribution in [0.4, 0.5) is 0 Å². The number of rotatable bonds is 10. The summed E-state index contributed by atoms with van der Waals surface area (Å²) in [6, 6.07) is 7.15. The highest BCUT2D eigenvalue weighted by Gasteiger charge is 2.10. The Balaban J connectivity index is 1.63. The number of hydrogen-bond acceptors (Lipinski definition) is 5. The molecule has 0 saturated carbocycles. The SMILES string of the molecule is COC(=O)CCCCCCNC(=O)CCn1c(=O)oc2ccccc21. The third-order valence-corrected chi connectivity index (χ3v) is 3.99. The van der Waals surface area contributed by atoms with E-state index in [2.05, 4.69) is 10.1 Å². The molecule has 136 valence electrons. The van der Waals surface area contributed by atoms with Crippen molar-refractivity contribution in [3.63, 3.8) is 0 Å².